The average molecular weight is 134 g/mol. The molecule has 0 aliphatic carbocycles. The van der Waals surface area contributed by atoms with Crippen molar-refractivity contribution in [2.45, 2.75) is 11.7 Å². The second-order valence-corrected chi connectivity index (χ2v) is 4.30. The molecular formula is C8H11Al. The lowest BCUT2D eigenvalue weighted by Crippen LogP contribution is -1.89. The van der Waals surface area contributed by atoms with Gasteiger partial charge in [-0.15, -0.1) is 0 Å². The van der Waals surface area contributed by atoms with E-state index in [1.54, 1.807) is 0 Å². The van der Waals surface area contributed by atoms with Crippen molar-refractivity contribution >= 4 is 16.3 Å². The summed E-state index contributed by atoms with van der Waals surface area (Å²) >= 11 is 1.26. The fourth-order valence-electron chi connectivity index (χ4n) is 0.838. The van der Waals surface area contributed by atoms with Gasteiger partial charge in [-0.2, -0.15) is 0 Å². The van der Waals surface area contributed by atoms with Gasteiger partial charge in [0, 0.05) is 0 Å². The molecule has 0 heterocycles. The molecule has 1 aromatic carbocycles. The molecule has 0 bridgehead atoms. The SMILES string of the molecule is C[CH]([AlH2])c1ccccc1. The molecule has 1 unspecified atom stereocenters. The largest absolute Gasteiger partial charge is 0.222 e. The van der Waals surface area contributed by atoms with Crippen LogP contribution in [0, 0.1) is 0 Å². The van der Waals surface area contributed by atoms with Crippen molar-refractivity contribution < 1.29 is 0 Å². The molecule has 9 heavy (non-hydrogen) atoms. The zero-order valence-corrected chi connectivity index (χ0v) is 7.96. The Balaban J connectivity index is 2.85. The number of benzene rings is 1. The van der Waals surface area contributed by atoms with Gasteiger partial charge in [0.05, 0.1) is 0 Å². The van der Waals surface area contributed by atoms with Crippen molar-refractivity contribution in [1.82, 2.24) is 0 Å². The second kappa shape index (κ2) is 3.06. The highest BCUT2D eigenvalue weighted by Gasteiger charge is 1.93. The molecule has 0 aliphatic heterocycles. The van der Waals surface area contributed by atoms with Gasteiger partial charge in [0.1, 0.15) is 0 Å². The number of hydrogen-bond donors (Lipinski definition) is 0. The molecule has 1 atom stereocenters. The van der Waals surface area contributed by atoms with Gasteiger partial charge in [0.2, 0.25) is 16.3 Å². The minimum absolute atomic E-state index is 0.797. The van der Waals surface area contributed by atoms with Crippen molar-refractivity contribution in [3.05, 3.63) is 35.9 Å². The van der Waals surface area contributed by atoms with Crippen LogP contribution in [0.25, 0.3) is 0 Å². The van der Waals surface area contributed by atoms with E-state index in [-0.39, 0.29) is 0 Å². The summed E-state index contributed by atoms with van der Waals surface area (Å²) in [4.78, 5) is 0. The molecule has 46 valence electrons. The van der Waals surface area contributed by atoms with Crippen molar-refractivity contribution in [3.63, 3.8) is 0 Å². The van der Waals surface area contributed by atoms with E-state index in [9.17, 15) is 0 Å². The van der Waals surface area contributed by atoms with Crippen LogP contribution in [0.1, 0.15) is 17.3 Å². The molecule has 0 radical (unpaired) electrons. The highest BCUT2D eigenvalue weighted by Crippen LogP contribution is 2.08. The molecule has 0 N–H and O–H groups in total. The van der Waals surface area contributed by atoms with Gasteiger partial charge in [-0.25, -0.2) is 0 Å². The maximum atomic E-state index is 2.27. The van der Waals surface area contributed by atoms with Crippen LogP contribution in [-0.2, 0) is 0 Å². The molecule has 1 heteroatoms. The van der Waals surface area contributed by atoms with E-state index in [2.05, 4.69) is 37.3 Å². The number of rotatable bonds is 1. The Hall–Kier alpha value is -0.248. The van der Waals surface area contributed by atoms with Gasteiger partial charge < -0.3 is 0 Å². The highest BCUT2D eigenvalue weighted by molar-refractivity contribution is 6.12. The zero-order valence-electron chi connectivity index (χ0n) is 5.96. The van der Waals surface area contributed by atoms with Gasteiger partial charge in [-0.3, -0.25) is 0 Å². The van der Waals surface area contributed by atoms with Crippen LogP contribution in [0.15, 0.2) is 30.3 Å². The Morgan fingerprint density at radius 1 is 1.22 bits per heavy atom. The third-order valence-corrected chi connectivity index (χ3v) is 2.13. The minimum atomic E-state index is 0.797. The first-order valence-electron chi connectivity index (χ1n) is 3.35. The summed E-state index contributed by atoms with van der Waals surface area (Å²) in [7, 11) is 0. The van der Waals surface area contributed by atoms with Crippen LogP contribution in [0.2, 0.25) is 0 Å². The summed E-state index contributed by atoms with van der Waals surface area (Å²) in [6, 6.07) is 10.6. The quantitative estimate of drug-likeness (QED) is 0.509. The third kappa shape index (κ3) is 1.86. The summed E-state index contributed by atoms with van der Waals surface area (Å²) in [6.07, 6.45) is 0. The number of hydrogen-bond acceptors (Lipinski definition) is 0. The van der Waals surface area contributed by atoms with Crippen LogP contribution in [0.3, 0.4) is 0 Å². The zero-order chi connectivity index (χ0) is 6.69. The smallest absolute Gasteiger partial charge is 0.0712 e. The second-order valence-electron chi connectivity index (χ2n) is 2.57. The van der Waals surface area contributed by atoms with E-state index >= 15 is 0 Å². The first kappa shape index (κ1) is 6.87. The Morgan fingerprint density at radius 3 is 2.11 bits per heavy atom. The predicted molar refractivity (Wildman–Crippen MR) is 43.4 cm³/mol. The van der Waals surface area contributed by atoms with Crippen molar-refractivity contribution in [2.75, 3.05) is 0 Å². The van der Waals surface area contributed by atoms with Crippen molar-refractivity contribution in [2.24, 2.45) is 0 Å². The average Bonchev–Trinajstić information content (AvgIpc) is 1.90. The van der Waals surface area contributed by atoms with Crippen LogP contribution < -0.4 is 0 Å². The van der Waals surface area contributed by atoms with Gasteiger partial charge in [-0.1, -0.05) is 47.6 Å². The predicted octanol–water partition coefficient (Wildman–Crippen LogP) is 1.38. The molecule has 0 amide bonds. The summed E-state index contributed by atoms with van der Waals surface area (Å²) in [5.74, 6) is 0. The van der Waals surface area contributed by atoms with Crippen molar-refractivity contribution in [1.29, 1.82) is 0 Å². The van der Waals surface area contributed by atoms with E-state index in [1.165, 1.54) is 21.9 Å². The van der Waals surface area contributed by atoms with E-state index in [1.807, 2.05) is 0 Å². The molecule has 0 spiro atoms. The first-order valence-corrected chi connectivity index (χ1v) is 4.51. The topological polar surface area (TPSA) is 0 Å². The fourth-order valence-corrected chi connectivity index (χ4v) is 1.22. The van der Waals surface area contributed by atoms with Crippen LogP contribution >= 0.6 is 0 Å². The lowest BCUT2D eigenvalue weighted by atomic mass is 10.2. The highest BCUT2D eigenvalue weighted by atomic mass is 27.0. The maximum Gasteiger partial charge on any atom is 0.222 e. The molecule has 0 aliphatic rings. The molecule has 0 saturated carbocycles. The van der Waals surface area contributed by atoms with Crippen molar-refractivity contribution in [3.8, 4) is 0 Å². The Labute approximate surface area is 64.3 Å². The molecule has 0 aromatic heterocycles. The molecule has 0 saturated heterocycles. The minimum Gasteiger partial charge on any atom is -0.0712 e. The molecule has 0 nitrogen and oxygen atoms in total. The van der Waals surface area contributed by atoms with E-state index in [0.717, 1.165) is 4.78 Å². The summed E-state index contributed by atoms with van der Waals surface area (Å²) in [5, 5.41) is 0. The lowest BCUT2D eigenvalue weighted by molar-refractivity contribution is 1.08. The molecular weight excluding hydrogens is 123 g/mol. The van der Waals surface area contributed by atoms with Gasteiger partial charge in [0.25, 0.3) is 0 Å². The van der Waals surface area contributed by atoms with E-state index in [4.69, 9.17) is 0 Å². The Bertz CT molecular complexity index is 167. The normalized spacial score (nSPS) is 13.0. The monoisotopic (exact) mass is 134 g/mol. The summed E-state index contributed by atoms with van der Waals surface area (Å²) in [5.41, 5.74) is 1.48. The Kier molecular flexibility index (Phi) is 2.33. The van der Waals surface area contributed by atoms with Gasteiger partial charge >= 0.3 is 0 Å². The van der Waals surface area contributed by atoms with Gasteiger partial charge in [-0.05, 0) is 0 Å². The third-order valence-electron chi connectivity index (χ3n) is 1.47. The molecule has 0 fully saturated rings. The Morgan fingerprint density at radius 2 is 1.78 bits per heavy atom. The van der Waals surface area contributed by atoms with E-state index in [0.29, 0.717) is 0 Å². The summed E-state index contributed by atoms with van der Waals surface area (Å²) in [6.45, 7) is 2.27. The van der Waals surface area contributed by atoms with Crippen LogP contribution in [0.4, 0.5) is 0 Å². The first-order chi connectivity index (χ1) is 4.30. The maximum absolute atomic E-state index is 2.27. The van der Waals surface area contributed by atoms with E-state index < -0.39 is 0 Å². The van der Waals surface area contributed by atoms with Crippen LogP contribution in [0.5, 0.6) is 0 Å². The van der Waals surface area contributed by atoms with Gasteiger partial charge in [0.15, 0.2) is 0 Å². The van der Waals surface area contributed by atoms with Crippen LogP contribution in [-0.4, -0.2) is 16.3 Å². The standard InChI is InChI=1S/C8H9.Al.2H/c1-2-8-6-4-3-5-7-8;;;/h2-7H,1H3;;;. The molecule has 1 aromatic rings. The molecule has 1 rings (SSSR count). The lowest BCUT2D eigenvalue weighted by Gasteiger charge is -2.01. The fraction of sp³-hybridized carbons (Fsp3) is 0.250. The summed E-state index contributed by atoms with van der Waals surface area (Å²) < 4.78 is 0.797.